The third-order valence-electron chi connectivity index (χ3n) is 3.03. The summed E-state index contributed by atoms with van der Waals surface area (Å²) in [6.07, 6.45) is 6.83. The van der Waals surface area contributed by atoms with Crippen molar-refractivity contribution in [1.29, 1.82) is 0 Å². The van der Waals surface area contributed by atoms with E-state index < -0.39 is 0 Å². The highest BCUT2D eigenvalue weighted by Crippen LogP contribution is 2.22. The van der Waals surface area contributed by atoms with Gasteiger partial charge in [-0.2, -0.15) is 4.98 Å². The Labute approximate surface area is 94.3 Å². The standard InChI is InChI=1S/C12H15N3O/c1-2-4-9-15(8-3-1)12-14-11-10(16-12)6-5-7-13-11/h5-7H,1-4,8-9H2. The molecule has 1 saturated heterocycles. The monoisotopic (exact) mass is 217 g/mol. The van der Waals surface area contributed by atoms with Gasteiger partial charge in [0.25, 0.3) is 6.01 Å². The van der Waals surface area contributed by atoms with Crippen LogP contribution in [0.4, 0.5) is 6.01 Å². The van der Waals surface area contributed by atoms with Gasteiger partial charge in [0.05, 0.1) is 0 Å². The first-order chi connectivity index (χ1) is 7.93. The van der Waals surface area contributed by atoms with Crippen LogP contribution >= 0.6 is 0 Å². The Kier molecular flexibility index (Phi) is 2.48. The van der Waals surface area contributed by atoms with E-state index in [4.69, 9.17) is 4.42 Å². The largest absolute Gasteiger partial charge is 0.422 e. The molecule has 4 heteroatoms. The minimum atomic E-state index is 0.710. The highest BCUT2D eigenvalue weighted by molar-refractivity contribution is 5.69. The van der Waals surface area contributed by atoms with Crippen molar-refractivity contribution in [2.45, 2.75) is 25.7 Å². The predicted octanol–water partition coefficient (Wildman–Crippen LogP) is 2.60. The SMILES string of the molecule is c1cnc2nc(N3CCCCCC3)oc2c1. The lowest BCUT2D eigenvalue weighted by atomic mass is 10.2. The minimum absolute atomic E-state index is 0.710. The Morgan fingerprint density at radius 1 is 1.12 bits per heavy atom. The van der Waals surface area contributed by atoms with E-state index in [2.05, 4.69) is 14.9 Å². The van der Waals surface area contributed by atoms with Crippen LogP contribution in [-0.2, 0) is 0 Å². The van der Waals surface area contributed by atoms with E-state index in [-0.39, 0.29) is 0 Å². The molecule has 2 aromatic rings. The van der Waals surface area contributed by atoms with Crippen LogP contribution in [0.2, 0.25) is 0 Å². The van der Waals surface area contributed by atoms with Gasteiger partial charge in [-0.15, -0.1) is 0 Å². The molecular formula is C12H15N3O. The van der Waals surface area contributed by atoms with Crippen LogP contribution in [-0.4, -0.2) is 23.1 Å². The number of hydrogen-bond acceptors (Lipinski definition) is 4. The maximum atomic E-state index is 5.72. The summed E-state index contributed by atoms with van der Waals surface area (Å²) in [4.78, 5) is 10.8. The second-order valence-corrected chi connectivity index (χ2v) is 4.22. The fraction of sp³-hybridized carbons (Fsp3) is 0.500. The van der Waals surface area contributed by atoms with Crippen molar-refractivity contribution in [3.05, 3.63) is 18.3 Å². The molecule has 0 spiro atoms. The van der Waals surface area contributed by atoms with E-state index in [9.17, 15) is 0 Å². The van der Waals surface area contributed by atoms with Gasteiger partial charge in [-0.1, -0.05) is 12.8 Å². The number of rotatable bonds is 1. The summed E-state index contributed by atoms with van der Waals surface area (Å²) in [5.74, 6) is 0. The van der Waals surface area contributed by atoms with Crippen molar-refractivity contribution >= 4 is 17.2 Å². The first-order valence-electron chi connectivity index (χ1n) is 5.90. The van der Waals surface area contributed by atoms with Crippen LogP contribution in [0, 0.1) is 0 Å². The molecule has 1 aliphatic rings. The molecule has 3 heterocycles. The summed E-state index contributed by atoms with van der Waals surface area (Å²) in [5, 5.41) is 0. The smallest absolute Gasteiger partial charge is 0.299 e. The summed E-state index contributed by atoms with van der Waals surface area (Å²) in [5.41, 5.74) is 1.49. The van der Waals surface area contributed by atoms with Crippen molar-refractivity contribution in [3.8, 4) is 0 Å². The molecule has 4 nitrogen and oxygen atoms in total. The number of oxazole rings is 1. The number of aromatic nitrogens is 2. The van der Waals surface area contributed by atoms with Crippen LogP contribution < -0.4 is 4.90 Å². The summed E-state index contributed by atoms with van der Waals surface area (Å²) in [6, 6.07) is 4.52. The number of fused-ring (bicyclic) bond motifs is 1. The quantitative estimate of drug-likeness (QED) is 0.736. The molecule has 0 radical (unpaired) electrons. The lowest BCUT2D eigenvalue weighted by Crippen LogP contribution is -2.23. The second kappa shape index (κ2) is 4.12. The Morgan fingerprint density at radius 2 is 1.94 bits per heavy atom. The van der Waals surface area contributed by atoms with Gasteiger partial charge in [0.1, 0.15) is 0 Å². The summed E-state index contributed by atoms with van der Waals surface area (Å²) in [7, 11) is 0. The van der Waals surface area contributed by atoms with E-state index in [0.717, 1.165) is 24.7 Å². The highest BCUT2D eigenvalue weighted by atomic mass is 16.4. The van der Waals surface area contributed by atoms with Gasteiger partial charge < -0.3 is 9.32 Å². The van der Waals surface area contributed by atoms with Crippen molar-refractivity contribution < 1.29 is 4.42 Å². The first kappa shape index (κ1) is 9.63. The topological polar surface area (TPSA) is 42.2 Å². The zero-order valence-electron chi connectivity index (χ0n) is 9.22. The third kappa shape index (κ3) is 1.75. The number of pyridine rings is 1. The van der Waals surface area contributed by atoms with Crippen molar-refractivity contribution in [3.63, 3.8) is 0 Å². The lowest BCUT2D eigenvalue weighted by molar-refractivity contribution is 0.567. The van der Waals surface area contributed by atoms with E-state index in [1.54, 1.807) is 6.20 Å². The highest BCUT2D eigenvalue weighted by Gasteiger charge is 2.15. The van der Waals surface area contributed by atoms with Crippen LogP contribution in [0.1, 0.15) is 25.7 Å². The summed E-state index contributed by atoms with van der Waals surface area (Å²) in [6.45, 7) is 2.10. The van der Waals surface area contributed by atoms with Gasteiger partial charge in [-0.3, -0.25) is 0 Å². The van der Waals surface area contributed by atoms with E-state index >= 15 is 0 Å². The summed E-state index contributed by atoms with van der Waals surface area (Å²) < 4.78 is 5.72. The van der Waals surface area contributed by atoms with Crippen molar-refractivity contribution in [2.75, 3.05) is 18.0 Å². The molecule has 1 aliphatic heterocycles. The third-order valence-corrected chi connectivity index (χ3v) is 3.03. The average Bonchev–Trinajstić information content (AvgIpc) is 2.56. The maximum absolute atomic E-state index is 5.72. The average molecular weight is 217 g/mol. The number of nitrogens with zero attached hydrogens (tertiary/aromatic N) is 3. The van der Waals surface area contributed by atoms with Crippen LogP contribution in [0.25, 0.3) is 11.2 Å². The lowest BCUT2D eigenvalue weighted by Gasteiger charge is -2.16. The fourth-order valence-corrected chi connectivity index (χ4v) is 2.15. The molecule has 0 atom stereocenters. The molecule has 0 bridgehead atoms. The first-order valence-corrected chi connectivity index (χ1v) is 5.90. The second-order valence-electron chi connectivity index (χ2n) is 4.22. The molecule has 2 aromatic heterocycles. The zero-order chi connectivity index (χ0) is 10.8. The molecule has 0 aromatic carbocycles. The van der Waals surface area contributed by atoms with Gasteiger partial charge >= 0.3 is 0 Å². The molecular weight excluding hydrogens is 202 g/mol. The van der Waals surface area contributed by atoms with Gasteiger partial charge in [-0.25, -0.2) is 4.98 Å². The Bertz CT molecular complexity index is 439. The fourth-order valence-electron chi connectivity index (χ4n) is 2.15. The van der Waals surface area contributed by atoms with Crippen LogP contribution in [0.5, 0.6) is 0 Å². The number of hydrogen-bond donors (Lipinski definition) is 0. The van der Waals surface area contributed by atoms with E-state index in [1.807, 2.05) is 12.1 Å². The molecule has 0 amide bonds. The Morgan fingerprint density at radius 3 is 2.69 bits per heavy atom. The Hall–Kier alpha value is -1.58. The number of anilines is 1. The molecule has 0 N–H and O–H groups in total. The molecule has 3 rings (SSSR count). The molecule has 0 unspecified atom stereocenters. The van der Waals surface area contributed by atoms with E-state index in [1.165, 1.54) is 25.7 Å². The summed E-state index contributed by atoms with van der Waals surface area (Å²) >= 11 is 0. The molecule has 1 fully saturated rings. The van der Waals surface area contributed by atoms with Crippen LogP contribution in [0.3, 0.4) is 0 Å². The van der Waals surface area contributed by atoms with Crippen LogP contribution in [0.15, 0.2) is 22.7 Å². The minimum Gasteiger partial charge on any atom is -0.422 e. The van der Waals surface area contributed by atoms with Crippen molar-refractivity contribution in [2.24, 2.45) is 0 Å². The van der Waals surface area contributed by atoms with Gasteiger partial charge in [0, 0.05) is 19.3 Å². The molecule has 16 heavy (non-hydrogen) atoms. The predicted molar refractivity (Wildman–Crippen MR) is 62.5 cm³/mol. The normalized spacial score (nSPS) is 17.6. The maximum Gasteiger partial charge on any atom is 0.299 e. The molecule has 0 saturated carbocycles. The zero-order valence-corrected chi connectivity index (χ0v) is 9.22. The van der Waals surface area contributed by atoms with Gasteiger partial charge in [0.15, 0.2) is 5.58 Å². The molecule has 0 aliphatic carbocycles. The Balaban J connectivity index is 1.92. The van der Waals surface area contributed by atoms with Crippen molar-refractivity contribution in [1.82, 2.24) is 9.97 Å². The van der Waals surface area contributed by atoms with Gasteiger partial charge in [-0.05, 0) is 25.0 Å². The van der Waals surface area contributed by atoms with Gasteiger partial charge in [0.2, 0.25) is 5.65 Å². The molecule has 84 valence electrons. The van der Waals surface area contributed by atoms with E-state index in [0.29, 0.717) is 5.65 Å².